The number of nitrogens with one attached hydrogen (secondary N) is 1. The van der Waals surface area contributed by atoms with Gasteiger partial charge >= 0.3 is 0 Å². The summed E-state index contributed by atoms with van der Waals surface area (Å²) < 4.78 is 5.12. The topological polar surface area (TPSA) is 41.6 Å². The zero-order chi connectivity index (χ0) is 13.2. The van der Waals surface area contributed by atoms with Crippen molar-refractivity contribution in [3.05, 3.63) is 35.4 Å². The van der Waals surface area contributed by atoms with Crippen molar-refractivity contribution in [2.75, 3.05) is 33.3 Å². The molecular formula is C15H21ClN2O2. The number of nitrogens with zero attached hydrogens (tertiary/aromatic N) is 1. The number of benzene rings is 1. The molecule has 20 heavy (non-hydrogen) atoms. The van der Waals surface area contributed by atoms with Crippen LogP contribution in [0, 0.1) is 11.8 Å². The van der Waals surface area contributed by atoms with E-state index in [2.05, 4.69) is 5.32 Å². The van der Waals surface area contributed by atoms with Gasteiger partial charge in [0, 0.05) is 38.9 Å². The molecule has 1 aromatic rings. The first kappa shape index (κ1) is 15.3. The van der Waals surface area contributed by atoms with Gasteiger partial charge in [0.2, 0.25) is 0 Å². The second kappa shape index (κ2) is 6.57. The molecule has 2 atom stereocenters. The van der Waals surface area contributed by atoms with Gasteiger partial charge in [0.05, 0.1) is 6.61 Å². The van der Waals surface area contributed by atoms with Crippen LogP contribution in [0.25, 0.3) is 0 Å². The Morgan fingerprint density at radius 2 is 2.05 bits per heavy atom. The molecule has 110 valence electrons. The molecule has 0 unspecified atom stereocenters. The average Bonchev–Trinajstić information content (AvgIpc) is 2.99. The normalized spacial score (nSPS) is 24.4. The third kappa shape index (κ3) is 2.97. The second-order valence-corrected chi connectivity index (χ2v) is 5.52. The lowest BCUT2D eigenvalue weighted by molar-refractivity contribution is 0.0781. The fraction of sp³-hybridized carbons (Fsp3) is 0.533. The van der Waals surface area contributed by atoms with Crippen LogP contribution >= 0.6 is 12.4 Å². The smallest absolute Gasteiger partial charge is 0.253 e. The summed E-state index contributed by atoms with van der Waals surface area (Å²) in [5.74, 6) is 1.45. The molecule has 2 fully saturated rings. The van der Waals surface area contributed by atoms with Gasteiger partial charge in [-0.2, -0.15) is 0 Å². The first-order chi connectivity index (χ1) is 9.28. The highest BCUT2D eigenvalue weighted by atomic mass is 35.5. The van der Waals surface area contributed by atoms with Crippen LogP contribution in [0.3, 0.4) is 0 Å². The van der Waals surface area contributed by atoms with E-state index in [1.807, 2.05) is 29.2 Å². The largest absolute Gasteiger partial charge is 0.380 e. The summed E-state index contributed by atoms with van der Waals surface area (Å²) in [4.78, 5) is 14.5. The van der Waals surface area contributed by atoms with Crippen molar-refractivity contribution in [2.24, 2.45) is 11.8 Å². The minimum Gasteiger partial charge on any atom is -0.380 e. The lowest BCUT2D eigenvalue weighted by atomic mass is 10.0. The Balaban J connectivity index is 0.00000147. The maximum absolute atomic E-state index is 12.5. The molecule has 2 heterocycles. The van der Waals surface area contributed by atoms with Crippen LogP contribution in [-0.4, -0.2) is 44.1 Å². The van der Waals surface area contributed by atoms with Crippen molar-refractivity contribution in [3.63, 3.8) is 0 Å². The van der Waals surface area contributed by atoms with E-state index in [0.29, 0.717) is 18.4 Å². The Kier molecular flexibility index (Phi) is 5.02. The van der Waals surface area contributed by atoms with Crippen LogP contribution in [0.15, 0.2) is 24.3 Å². The van der Waals surface area contributed by atoms with Gasteiger partial charge in [-0.05, 0) is 29.5 Å². The van der Waals surface area contributed by atoms with Crippen molar-refractivity contribution in [2.45, 2.75) is 6.61 Å². The fourth-order valence-corrected chi connectivity index (χ4v) is 3.16. The summed E-state index contributed by atoms with van der Waals surface area (Å²) in [6, 6.07) is 7.76. The van der Waals surface area contributed by atoms with E-state index < -0.39 is 0 Å². The van der Waals surface area contributed by atoms with E-state index in [0.717, 1.165) is 37.3 Å². The van der Waals surface area contributed by atoms with Gasteiger partial charge in [0.1, 0.15) is 0 Å². The molecule has 1 N–H and O–H groups in total. The predicted molar refractivity (Wildman–Crippen MR) is 80.2 cm³/mol. The number of ether oxygens (including phenoxy) is 1. The van der Waals surface area contributed by atoms with E-state index in [-0.39, 0.29) is 18.3 Å². The van der Waals surface area contributed by atoms with Gasteiger partial charge in [0.15, 0.2) is 0 Å². The Morgan fingerprint density at radius 1 is 1.35 bits per heavy atom. The van der Waals surface area contributed by atoms with Crippen molar-refractivity contribution in [1.82, 2.24) is 10.2 Å². The molecule has 0 aliphatic carbocycles. The van der Waals surface area contributed by atoms with Crippen molar-refractivity contribution >= 4 is 18.3 Å². The molecule has 1 amide bonds. The molecule has 0 spiro atoms. The van der Waals surface area contributed by atoms with E-state index in [1.165, 1.54) is 0 Å². The third-order valence-corrected chi connectivity index (χ3v) is 4.16. The molecule has 0 saturated carbocycles. The highest BCUT2D eigenvalue weighted by molar-refractivity contribution is 5.94. The minimum atomic E-state index is 0. The van der Waals surface area contributed by atoms with Crippen LogP contribution in [0.1, 0.15) is 15.9 Å². The monoisotopic (exact) mass is 296 g/mol. The van der Waals surface area contributed by atoms with Crippen molar-refractivity contribution in [3.8, 4) is 0 Å². The third-order valence-electron chi connectivity index (χ3n) is 4.16. The standard InChI is InChI=1S/C15H20N2O2.ClH/c1-19-10-11-3-2-4-12(5-11)15(18)17-8-13-6-16-7-14(13)9-17;/h2-5,13-14,16H,6-10H2,1H3;1H/t13-,14+;. The van der Waals surface area contributed by atoms with E-state index in [4.69, 9.17) is 4.74 Å². The van der Waals surface area contributed by atoms with Gasteiger partial charge in [-0.3, -0.25) is 4.79 Å². The minimum absolute atomic E-state index is 0. The predicted octanol–water partition coefficient (Wildman–Crippen LogP) is 1.55. The first-order valence-corrected chi connectivity index (χ1v) is 6.86. The molecule has 2 aliphatic rings. The summed E-state index contributed by atoms with van der Waals surface area (Å²) >= 11 is 0. The zero-order valence-corrected chi connectivity index (χ0v) is 12.5. The summed E-state index contributed by atoms with van der Waals surface area (Å²) in [7, 11) is 1.67. The number of halogens is 1. The summed E-state index contributed by atoms with van der Waals surface area (Å²) in [6.07, 6.45) is 0. The van der Waals surface area contributed by atoms with Gasteiger partial charge < -0.3 is 15.0 Å². The van der Waals surface area contributed by atoms with Crippen molar-refractivity contribution in [1.29, 1.82) is 0 Å². The van der Waals surface area contributed by atoms with Crippen LogP contribution in [0.5, 0.6) is 0 Å². The molecule has 0 aromatic heterocycles. The Morgan fingerprint density at radius 3 is 2.70 bits per heavy atom. The number of carbonyl (C=O) groups is 1. The Bertz CT molecular complexity index is 469. The summed E-state index contributed by atoms with van der Waals surface area (Å²) in [5, 5.41) is 3.39. The number of carbonyl (C=O) groups excluding carboxylic acids is 1. The molecule has 2 saturated heterocycles. The number of methoxy groups -OCH3 is 1. The SMILES string of the molecule is COCc1cccc(C(=O)N2C[C@H]3CNC[C@H]3C2)c1.Cl. The number of likely N-dealkylation sites (tertiary alicyclic amines) is 1. The second-order valence-electron chi connectivity index (χ2n) is 5.52. The first-order valence-electron chi connectivity index (χ1n) is 6.86. The van der Waals surface area contributed by atoms with Gasteiger partial charge in [-0.1, -0.05) is 12.1 Å². The summed E-state index contributed by atoms with van der Waals surface area (Å²) in [5.41, 5.74) is 1.83. The Hall–Kier alpha value is -1.10. The number of rotatable bonds is 3. The van der Waals surface area contributed by atoms with Gasteiger partial charge in [-0.15, -0.1) is 12.4 Å². The molecule has 2 aliphatic heterocycles. The fourth-order valence-electron chi connectivity index (χ4n) is 3.16. The highest BCUT2D eigenvalue weighted by Gasteiger charge is 2.38. The zero-order valence-electron chi connectivity index (χ0n) is 11.7. The molecule has 0 bridgehead atoms. The maximum atomic E-state index is 12.5. The quantitative estimate of drug-likeness (QED) is 0.920. The molecule has 4 nitrogen and oxygen atoms in total. The van der Waals surface area contributed by atoms with Crippen LogP contribution in [0.4, 0.5) is 0 Å². The number of amides is 1. The lowest BCUT2D eigenvalue weighted by Crippen LogP contribution is -2.31. The number of hydrogen-bond donors (Lipinski definition) is 1. The van der Waals surface area contributed by atoms with Gasteiger partial charge in [-0.25, -0.2) is 0 Å². The van der Waals surface area contributed by atoms with E-state index in [1.54, 1.807) is 7.11 Å². The number of hydrogen-bond acceptors (Lipinski definition) is 3. The highest BCUT2D eigenvalue weighted by Crippen LogP contribution is 2.27. The lowest BCUT2D eigenvalue weighted by Gasteiger charge is -2.18. The molecule has 1 aromatic carbocycles. The molecule has 0 radical (unpaired) electrons. The van der Waals surface area contributed by atoms with E-state index in [9.17, 15) is 4.79 Å². The average molecular weight is 297 g/mol. The van der Waals surface area contributed by atoms with Gasteiger partial charge in [0.25, 0.3) is 5.91 Å². The van der Waals surface area contributed by atoms with Crippen LogP contribution in [-0.2, 0) is 11.3 Å². The van der Waals surface area contributed by atoms with Crippen LogP contribution in [0.2, 0.25) is 0 Å². The number of fused-ring (bicyclic) bond motifs is 1. The van der Waals surface area contributed by atoms with Crippen LogP contribution < -0.4 is 5.32 Å². The Labute approximate surface area is 125 Å². The molecule has 5 heteroatoms. The molecular weight excluding hydrogens is 276 g/mol. The summed E-state index contributed by atoms with van der Waals surface area (Å²) in [6.45, 7) is 4.45. The van der Waals surface area contributed by atoms with E-state index >= 15 is 0 Å². The van der Waals surface area contributed by atoms with Crippen molar-refractivity contribution < 1.29 is 9.53 Å². The molecule has 3 rings (SSSR count). The maximum Gasteiger partial charge on any atom is 0.253 e.